The normalized spacial score (nSPS) is 11.1. The van der Waals surface area contributed by atoms with E-state index in [1.807, 2.05) is 0 Å². The molecule has 40 heavy (non-hydrogen) atoms. The third kappa shape index (κ3) is 4.64. The molecule has 0 saturated carbocycles. The van der Waals surface area contributed by atoms with Gasteiger partial charge in [-0.05, 0) is 112 Å². The fraction of sp³-hybridized carbons (Fsp3) is 0.455. The Bertz CT molecular complexity index is 1190. The van der Waals surface area contributed by atoms with E-state index in [2.05, 4.69) is 62.3 Å². The lowest BCUT2D eigenvalue weighted by Gasteiger charge is -2.33. The van der Waals surface area contributed by atoms with E-state index in [4.69, 9.17) is 28.4 Å². The molecule has 0 fully saturated rings. The summed E-state index contributed by atoms with van der Waals surface area (Å²) in [5, 5.41) is 2.79. The molecule has 6 nitrogen and oxygen atoms in total. The van der Waals surface area contributed by atoms with Crippen molar-refractivity contribution < 1.29 is 28.4 Å². The van der Waals surface area contributed by atoms with Crippen molar-refractivity contribution in [2.45, 2.75) is 62.3 Å². The molecule has 0 N–H and O–H groups in total. The van der Waals surface area contributed by atoms with Crippen molar-refractivity contribution in [1.29, 1.82) is 0 Å². The molecular weight excluding hydrogens is 523 g/mol. The van der Waals surface area contributed by atoms with Crippen LogP contribution in [0.2, 0.25) is 0 Å². The molecule has 0 aliphatic heterocycles. The van der Waals surface area contributed by atoms with Crippen LogP contribution in [-0.4, -0.2) is 42.7 Å². The Morgan fingerprint density at radius 2 is 0.425 bits per heavy atom. The number of rotatable bonds is 9. The van der Waals surface area contributed by atoms with Gasteiger partial charge in [0.1, 0.15) is 34.5 Å². The zero-order chi connectivity index (χ0) is 30.2. The molecule has 0 unspecified atom stereocenters. The first kappa shape index (κ1) is 31.4. The minimum absolute atomic E-state index is 0.769. The Balaban J connectivity index is 2.85. The lowest BCUT2D eigenvalue weighted by Crippen LogP contribution is -2.30. The standard InChI is InChI=1S/C33H45O6P/c1-16-19(4)25(34-10)31(26(35-11)20(16)5)40(32-27(36-12)21(6)17(2)22(7)28(32)37-13)33-29(38-14)23(8)18(3)24(9)30(33)39-15/h1-15H3. The van der Waals surface area contributed by atoms with Gasteiger partial charge in [-0.15, -0.1) is 0 Å². The number of ether oxygens (including phenoxy) is 6. The van der Waals surface area contributed by atoms with Crippen molar-refractivity contribution in [1.82, 2.24) is 0 Å². The first-order chi connectivity index (χ1) is 18.9. The van der Waals surface area contributed by atoms with E-state index in [0.29, 0.717) is 0 Å². The minimum Gasteiger partial charge on any atom is -0.496 e. The van der Waals surface area contributed by atoms with Crippen LogP contribution in [0.4, 0.5) is 0 Å². The van der Waals surface area contributed by atoms with Gasteiger partial charge < -0.3 is 28.4 Å². The molecule has 0 bridgehead atoms. The third-order valence-electron chi connectivity index (χ3n) is 8.60. The van der Waals surface area contributed by atoms with E-state index < -0.39 is 7.92 Å². The summed E-state index contributed by atoms with van der Waals surface area (Å²) in [6.45, 7) is 18.9. The predicted molar refractivity (Wildman–Crippen MR) is 167 cm³/mol. The summed E-state index contributed by atoms with van der Waals surface area (Å²) < 4.78 is 37.3. The first-order valence-electron chi connectivity index (χ1n) is 13.3. The molecule has 0 saturated heterocycles. The molecule has 0 aromatic heterocycles. The van der Waals surface area contributed by atoms with Gasteiger partial charge in [-0.25, -0.2) is 0 Å². The van der Waals surface area contributed by atoms with Crippen LogP contribution >= 0.6 is 7.92 Å². The second kappa shape index (κ2) is 12.2. The molecule has 0 aliphatic rings. The highest BCUT2D eigenvalue weighted by atomic mass is 31.1. The summed E-state index contributed by atoms with van der Waals surface area (Å²) in [4.78, 5) is 0. The molecule has 3 aromatic rings. The first-order valence-corrected chi connectivity index (χ1v) is 14.7. The van der Waals surface area contributed by atoms with Gasteiger partial charge in [-0.3, -0.25) is 0 Å². The van der Waals surface area contributed by atoms with Gasteiger partial charge in [-0.1, -0.05) is 0 Å². The van der Waals surface area contributed by atoms with Gasteiger partial charge >= 0.3 is 0 Å². The number of hydrogen-bond donors (Lipinski definition) is 0. The van der Waals surface area contributed by atoms with E-state index in [1.54, 1.807) is 42.7 Å². The summed E-state index contributed by atoms with van der Waals surface area (Å²) in [6, 6.07) is 0. The summed E-state index contributed by atoms with van der Waals surface area (Å²) in [7, 11) is 8.81. The smallest absolute Gasteiger partial charge is 0.134 e. The molecule has 0 atom stereocenters. The Morgan fingerprint density at radius 3 is 0.550 bits per heavy atom. The quantitative estimate of drug-likeness (QED) is 0.284. The van der Waals surface area contributed by atoms with Gasteiger partial charge in [0.15, 0.2) is 0 Å². The molecule has 218 valence electrons. The number of hydrogen-bond acceptors (Lipinski definition) is 6. The lowest BCUT2D eigenvalue weighted by atomic mass is 10.0. The molecule has 0 radical (unpaired) electrons. The second-order valence-electron chi connectivity index (χ2n) is 10.2. The Kier molecular flexibility index (Phi) is 9.57. The highest BCUT2D eigenvalue weighted by molar-refractivity contribution is 7.81. The zero-order valence-electron chi connectivity index (χ0n) is 26.9. The van der Waals surface area contributed by atoms with Crippen molar-refractivity contribution in [3.05, 3.63) is 50.1 Å². The molecule has 0 amide bonds. The van der Waals surface area contributed by atoms with Crippen LogP contribution in [-0.2, 0) is 0 Å². The maximum Gasteiger partial charge on any atom is 0.134 e. The maximum absolute atomic E-state index is 6.21. The van der Waals surface area contributed by atoms with Gasteiger partial charge in [0.2, 0.25) is 0 Å². The second-order valence-corrected chi connectivity index (χ2v) is 12.2. The molecule has 0 aliphatic carbocycles. The van der Waals surface area contributed by atoms with Crippen LogP contribution in [0.25, 0.3) is 0 Å². The predicted octanol–water partition coefficient (Wildman–Crippen LogP) is 6.27. The van der Waals surface area contributed by atoms with E-state index in [9.17, 15) is 0 Å². The van der Waals surface area contributed by atoms with E-state index >= 15 is 0 Å². The van der Waals surface area contributed by atoms with Crippen molar-refractivity contribution in [3.63, 3.8) is 0 Å². The number of benzene rings is 3. The summed E-state index contributed by atoms with van der Waals surface area (Å²) in [6.07, 6.45) is 0. The van der Waals surface area contributed by atoms with E-state index in [0.717, 1.165) is 100 Å². The fourth-order valence-corrected chi connectivity index (χ4v) is 9.13. The van der Waals surface area contributed by atoms with Crippen LogP contribution in [0.5, 0.6) is 34.5 Å². The van der Waals surface area contributed by atoms with E-state index in [1.165, 1.54) is 0 Å². The maximum atomic E-state index is 6.21. The molecular formula is C33H45O6P. The van der Waals surface area contributed by atoms with Crippen molar-refractivity contribution >= 4 is 23.8 Å². The van der Waals surface area contributed by atoms with Crippen LogP contribution in [0.1, 0.15) is 50.1 Å². The van der Waals surface area contributed by atoms with Gasteiger partial charge in [-0.2, -0.15) is 0 Å². The van der Waals surface area contributed by atoms with Crippen LogP contribution in [0, 0.1) is 62.3 Å². The van der Waals surface area contributed by atoms with Crippen molar-refractivity contribution in [3.8, 4) is 34.5 Å². The average Bonchev–Trinajstić information content (AvgIpc) is 2.94. The summed E-state index contributed by atoms with van der Waals surface area (Å²) >= 11 is 0. The highest BCUT2D eigenvalue weighted by Gasteiger charge is 2.39. The summed E-state index contributed by atoms with van der Waals surface area (Å²) in [5.74, 6) is 4.62. The van der Waals surface area contributed by atoms with Crippen LogP contribution in [0.3, 0.4) is 0 Å². The number of methoxy groups -OCH3 is 6. The van der Waals surface area contributed by atoms with E-state index in [-0.39, 0.29) is 0 Å². The van der Waals surface area contributed by atoms with Crippen LogP contribution < -0.4 is 44.3 Å². The molecule has 3 aromatic carbocycles. The Morgan fingerprint density at radius 1 is 0.275 bits per heavy atom. The SMILES string of the molecule is COc1c(C)c(C)c(C)c(OC)c1P(c1c(OC)c(C)c(C)c(C)c1OC)c1c(OC)c(C)c(C)c(C)c1OC. The largest absolute Gasteiger partial charge is 0.496 e. The zero-order valence-corrected chi connectivity index (χ0v) is 27.8. The molecule has 0 spiro atoms. The molecule has 0 heterocycles. The van der Waals surface area contributed by atoms with Gasteiger partial charge in [0.05, 0.1) is 58.6 Å². The Labute approximate surface area is 241 Å². The fourth-order valence-electron chi connectivity index (χ4n) is 5.68. The minimum atomic E-state index is -1.49. The lowest BCUT2D eigenvalue weighted by molar-refractivity contribution is 0.393. The molecule has 3 rings (SSSR count). The molecule has 7 heteroatoms. The highest BCUT2D eigenvalue weighted by Crippen LogP contribution is 2.54. The Hall–Kier alpha value is -3.11. The van der Waals surface area contributed by atoms with Gasteiger partial charge in [0.25, 0.3) is 0 Å². The van der Waals surface area contributed by atoms with Crippen LogP contribution in [0.15, 0.2) is 0 Å². The van der Waals surface area contributed by atoms with Crippen molar-refractivity contribution in [2.75, 3.05) is 42.7 Å². The topological polar surface area (TPSA) is 55.4 Å². The van der Waals surface area contributed by atoms with Crippen molar-refractivity contribution in [2.24, 2.45) is 0 Å². The third-order valence-corrected chi connectivity index (χ3v) is 11.2. The van der Waals surface area contributed by atoms with Gasteiger partial charge in [0, 0.05) is 7.92 Å². The monoisotopic (exact) mass is 568 g/mol. The average molecular weight is 569 g/mol. The summed E-state index contributed by atoms with van der Waals surface area (Å²) in [5.41, 5.74) is 9.70.